The van der Waals surface area contributed by atoms with Gasteiger partial charge in [0, 0.05) is 24.3 Å². The lowest BCUT2D eigenvalue weighted by atomic mass is 9.87. The zero-order valence-corrected chi connectivity index (χ0v) is 18.7. The van der Waals surface area contributed by atoms with E-state index in [-0.39, 0.29) is 23.8 Å². The van der Waals surface area contributed by atoms with Gasteiger partial charge in [-0.1, -0.05) is 32.9 Å². The molecule has 0 unspecified atom stereocenters. The molecule has 32 heavy (non-hydrogen) atoms. The van der Waals surface area contributed by atoms with Crippen LogP contribution in [-0.2, 0) is 19.7 Å². The minimum absolute atomic E-state index is 0.0251. The maximum absolute atomic E-state index is 13.0. The number of anilines is 1. The SMILES string of the molecule is CC(C)(C)c1ccc(NC(=O)COC(=O)C2CCN(C(=O)c3ccc(F)cc3)CC2)cc1. The molecule has 3 rings (SSSR count). The highest BCUT2D eigenvalue weighted by Crippen LogP contribution is 2.24. The molecule has 1 aliphatic heterocycles. The zero-order chi connectivity index (χ0) is 23.3. The normalized spacial score (nSPS) is 14.7. The molecule has 0 aliphatic carbocycles. The van der Waals surface area contributed by atoms with Gasteiger partial charge in [0.05, 0.1) is 5.92 Å². The van der Waals surface area contributed by atoms with E-state index < -0.39 is 17.7 Å². The van der Waals surface area contributed by atoms with Crippen molar-refractivity contribution in [1.82, 2.24) is 4.90 Å². The van der Waals surface area contributed by atoms with Crippen molar-refractivity contribution in [3.63, 3.8) is 0 Å². The summed E-state index contributed by atoms with van der Waals surface area (Å²) in [7, 11) is 0. The molecule has 2 aromatic rings. The molecular formula is C25H29FN2O4. The van der Waals surface area contributed by atoms with Crippen LogP contribution in [0.4, 0.5) is 10.1 Å². The number of carbonyl (C=O) groups is 3. The molecule has 2 amide bonds. The molecule has 6 nitrogen and oxygen atoms in total. The molecular weight excluding hydrogens is 411 g/mol. The minimum Gasteiger partial charge on any atom is -0.455 e. The Balaban J connectivity index is 1.42. The highest BCUT2D eigenvalue weighted by molar-refractivity contribution is 5.94. The number of hydrogen-bond acceptors (Lipinski definition) is 4. The molecule has 0 spiro atoms. The van der Waals surface area contributed by atoms with E-state index in [1.165, 1.54) is 24.3 Å². The number of benzene rings is 2. The van der Waals surface area contributed by atoms with Gasteiger partial charge in [0.1, 0.15) is 5.82 Å². The Hall–Kier alpha value is -3.22. The van der Waals surface area contributed by atoms with Crippen molar-refractivity contribution >= 4 is 23.5 Å². The first-order chi connectivity index (χ1) is 15.1. The van der Waals surface area contributed by atoms with Gasteiger partial charge in [-0.15, -0.1) is 0 Å². The Kier molecular flexibility index (Phi) is 7.28. The van der Waals surface area contributed by atoms with E-state index in [0.29, 0.717) is 37.2 Å². The zero-order valence-electron chi connectivity index (χ0n) is 18.7. The summed E-state index contributed by atoms with van der Waals surface area (Å²) >= 11 is 0. The number of amides is 2. The molecule has 1 fully saturated rings. The fraction of sp³-hybridized carbons (Fsp3) is 0.400. The molecule has 0 saturated carbocycles. The summed E-state index contributed by atoms with van der Waals surface area (Å²) in [5.74, 6) is -1.77. The van der Waals surface area contributed by atoms with Gasteiger partial charge in [0.25, 0.3) is 11.8 Å². The van der Waals surface area contributed by atoms with Crippen LogP contribution < -0.4 is 5.32 Å². The Morgan fingerprint density at radius 2 is 1.59 bits per heavy atom. The third-order valence-electron chi connectivity index (χ3n) is 5.59. The first-order valence-corrected chi connectivity index (χ1v) is 10.8. The van der Waals surface area contributed by atoms with Crippen molar-refractivity contribution in [2.45, 2.75) is 39.0 Å². The largest absolute Gasteiger partial charge is 0.455 e. The van der Waals surface area contributed by atoms with Crippen LogP contribution in [0.15, 0.2) is 48.5 Å². The number of carbonyl (C=O) groups excluding carboxylic acids is 3. The van der Waals surface area contributed by atoms with Crippen LogP contribution in [0.2, 0.25) is 0 Å². The van der Waals surface area contributed by atoms with Gasteiger partial charge in [-0.3, -0.25) is 14.4 Å². The first-order valence-electron chi connectivity index (χ1n) is 10.8. The number of nitrogens with zero attached hydrogens (tertiary/aromatic N) is 1. The maximum atomic E-state index is 13.0. The number of ether oxygens (including phenoxy) is 1. The van der Waals surface area contributed by atoms with E-state index in [4.69, 9.17) is 4.74 Å². The fourth-order valence-electron chi connectivity index (χ4n) is 3.60. The van der Waals surface area contributed by atoms with Gasteiger partial charge in [0.2, 0.25) is 0 Å². The van der Waals surface area contributed by atoms with Crippen LogP contribution in [-0.4, -0.2) is 42.4 Å². The van der Waals surface area contributed by atoms with Crippen LogP contribution in [0, 0.1) is 11.7 Å². The smallest absolute Gasteiger partial charge is 0.309 e. The molecule has 0 radical (unpaired) electrons. The van der Waals surface area contributed by atoms with Crippen LogP contribution >= 0.6 is 0 Å². The lowest BCUT2D eigenvalue weighted by Crippen LogP contribution is -2.41. The molecule has 7 heteroatoms. The van der Waals surface area contributed by atoms with Crippen molar-refractivity contribution < 1.29 is 23.5 Å². The summed E-state index contributed by atoms with van der Waals surface area (Å²) in [6.45, 7) is 6.80. The third kappa shape index (κ3) is 6.15. The Bertz CT molecular complexity index is 957. The standard InChI is InChI=1S/C25H29FN2O4/c1-25(2,3)19-6-10-21(11-7-19)27-22(29)16-32-24(31)18-12-14-28(15-13-18)23(30)17-4-8-20(26)9-5-17/h4-11,18H,12-16H2,1-3H3,(H,27,29). The van der Waals surface area contributed by atoms with Crippen LogP contribution in [0.5, 0.6) is 0 Å². The van der Waals surface area contributed by atoms with Crippen LogP contribution in [0.25, 0.3) is 0 Å². The lowest BCUT2D eigenvalue weighted by molar-refractivity contribution is -0.152. The second kappa shape index (κ2) is 9.94. The van der Waals surface area contributed by atoms with Crippen LogP contribution in [0.3, 0.4) is 0 Å². The Morgan fingerprint density at radius 1 is 1.00 bits per heavy atom. The van der Waals surface area contributed by atoms with Gasteiger partial charge >= 0.3 is 5.97 Å². The maximum Gasteiger partial charge on any atom is 0.309 e. The molecule has 1 saturated heterocycles. The van der Waals surface area contributed by atoms with E-state index in [1.807, 2.05) is 24.3 Å². The lowest BCUT2D eigenvalue weighted by Gasteiger charge is -2.31. The molecule has 0 bridgehead atoms. The third-order valence-corrected chi connectivity index (χ3v) is 5.59. The highest BCUT2D eigenvalue weighted by Gasteiger charge is 2.29. The summed E-state index contributed by atoms with van der Waals surface area (Å²) in [6, 6.07) is 13.0. The molecule has 170 valence electrons. The fourth-order valence-corrected chi connectivity index (χ4v) is 3.60. The quantitative estimate of drug-likeness (QED) is 0.709. The van der Waals surface area contributed by atoms with Crippen LogP contribution in [0.1, 0.15) is 49.5 Å². The van der Waals surface area contributed by atoms with Crippen molar-refractivity contribution in [3.05, 3.63) is 65.5 Å². The number of hydrogen-bond donors (Lipinski definition) is 1. The topological polar surface area (TPSA) is 75.7 Å². The molecule has 1 heterocycles. The summed E-state index contributed by atoms with van der Waals surface area (Å²) in [6.07, 6.45) is 0.920. The Labute approximate surface area is 187 Å². The van der Waals surface area contributed by atoms with E-state index in [0.717, 1.165) is 5.56 Å². The molecule has 1 N–H and O–H groups in total. The predicted octanol–water partition coefficient (Wildman–Crippen LogP) is 4.16. The van der Waals surface area contributed by atoms with Crippen molar-refractivity contribution in [2.75, 3.05) is 25.0 Å². The van der Waals surface area contributed by atoms with E-state index >= 15 is 0 Å². The van der Waals surface area contributed by atoms with E-state index in [1.54, 1.807) is 4.90 Å². The average molecular weight is 441 g/mol. The van der Waals surface area contributed by atoms with Crippen molar-refractivity contribution in [2.24, 2.45) is 5.92 Å². The highest BCUT2D eigenvalue weighted by atomic mass is 19.1. The monoisotopic (exact) mass is 440 g/mol. The van der Waals surface area contributed by atoms with E-state index in [9.17, 15) is 18.8 Å². The first kappa shape index (κ1) is 23.4. The minimum atomic E-state index is -0.433. The van der Waals surface area contributed by atoms with Gasteiger partial charge < -0.3 is 15.0 Å². The Morgan fingerprint density at radius 3 is 2.16 bits per heavy atom. The average Bonchev–Trinajstić information content (AvgIpc) is 2.77. The second-order valence-corrected chi connectivity index (χ2v) is 9.06. The number of piperidine rings is 1. The summed E-state index contributed by atoms with van der Waals surface area (Å²) < 4.78 is 18.2. The summed E-state index contributed by atoms with van der Waals surface area (Å²) in [5.41, 5.74) is 2.24. The van der Waals surface area contributed by atoms with E-state index in [2.05, 4.69) is 26.1 Å². The molecule has 2 aromatic carbocycles. The number of esters is 1. The van der Waals surface area contributed by atoms with Gasteiger partial charge in [-0.05, 0) is 60.2 Å². The number of likely N-dealkylation sites (tertiary alicyclic amines) is 1. The number of rotatable bonds is 5. The molecule has 0 aromatic heterocycles. The molecule has 1 aliphatic rings. The number of halogens is 1. The summed E-state index contributed by atoms with van der Waals surface area (Å²) in [5, 5.41) is 2.73. The van der Waals surface area contributed by atoms with Gasteiger partial charge in [-0.2, -0.15) is 0 Å². The summed E-state index contributed by atoms with van der Waals surface area (Å²) in [4.78, 5) is 38.6. The second-order valence-electron chi connectivity index (χ2n) is 9.06. The molecule has 0 atom stereocenters. The van der Waals surface area contributed by atoms with Gasteiger partial charge in [0.15, 0.2) is 6.61 Å². The predicted molar refractivity (Wildman–Crippen MR) is 120 cm³/mol. The van der Waals surface area contributed by atoms with Gasteiger partial charge in [-0.25, -0.2) is 4.39 Å². The van der Waals surface area contributed by atoms with Crippen molar-refractivity contribution in [3.8, 4) is 0 Å². The number of nitrogens with one attached hydrogen (secondary N) is 1. The van der Waals surface area contributed by atoms with Crippen molar-refractivity contribution in [1.29, 1.82) is 0 Å².